The average Bonchev–Trinajstić information content (AvgIpc) is 2.27. The predicted octanol–water partition coefficient (Wildman–Crippen LogP) is 2.89. The number of carbonyl (C=O) groups excluding carboxylic acids is 1. The number of hydrogen-bond acceptors (Lipinski definition) is 2. The fourth-order valence-corrected chi connectivity index (χ4v) is 1.48. The number of benzene rings is 1. The van der Waals surface area contributed by atoms with E-state index < -0.39 is 12.6 Å². The van der Waals surface area contributed by atoms with Crippen molar-refractivity contribution in [2.45, 2.75) is 25.4 Å². The van der Waals surface area contributed by atoms with Crippen molar-refractivity contribution in [2.75, 3.05) is 11.9 Å². The number of rotatable bonds is 5. The SMILES string of the molecule is Cl.NCCC(=O)Nc1ccccc1CCC(F)(F)F. The van der Waals surface area contributed by atoms with Crippen molar-refractivity contribution in [3.63, 3.8) is 0 Å². The zero-order chi connectivity index (χ0) is 13.6. The number of anilines is 1. The number of amides is 1. The standard InChI is InChI=1S/C12H15F3N2O.ClH/c13-12(14,15)7-5-9-3-1-2-4-10(9)17-11(18)6-8-16;/h1-4H,5-8,16H2,(H,17,18);1H. The smallest absolute Gasteiger partial charge is 0.330 e. The third-order valence-electron chi connectivity index (χ3n) is 2.34. The van der Waals surface area contributed by atoms with Crippen molar-refractivity contribution in [1.82, 2.24) is 0 Å². The maximum atomic E-state index is 12.2. The molecule has 0 aliphatic carbocycles. The van der Waals surface area contributed by atoms with Gasteiger partial charge >= 0.3 is 6.18 Å². The van der Waals surface area contributed by atoms with Gasteiger partial charge < -0.3 is 11.1 Å². The highest BCUT2D eigenvalue weighted by Crippen LogP contribution is 2.25. The van der Waals surface area contributed by atoms with E-state index in [9.17, 15) is 18.0 Å². The van der Waals surface area contributed by atoms with Crippen LogP contribution in [0.15, 0.2) is 24.3 Å². The number of halogens is 4. The Hall–Kier alpha value is -1.27. The second kappa shape index (κ2) is 8.01. The Balaban J connectivity index is 0.00000324. The van der Waals surface area contributed by atoms with Gasteiger partial charge in [-0.15, -0.1) is 12.4 Å². The fraction of sp³-hybridized carbons (Fsp3) is 0.417. The predicted molar refractivity (Wildman–Crippen MR) is 70.4 cm³/mol. The number of carbonyl (C=O) groups is 1. The summed E-state index contributed by atoms with van der Waals surface area (Å²) in [5, 5.41) is 2.56. The summed E-state index contributed by atoms with van der Waals surface area (Å²) in [4.78, 5) is 11.4. The molecule has 0 aromatic heterocycles. The van der Waals surface area contributed by atoms with Crippen molar-refractivity contribution < 1.29 is 18.0 Å². The minimum absolute atomic E-state index is 0. The topological polar surface area (TPSA) is 55.1 Å². The molecule has 0 radical (unpaired) electrons. The van der Waals surface area contributed by atoms with Gasteiger partial charge in [-0.1, -0.05) is 18.2 Å². The molecular weight excluding hydrogens is 281 g/mol. The average molecular weight is 297 g/mol. The quantitative estimate of drug-likeness (QED) is 0.878. The first kappa shape index (κ1) is 17.7. The van der Waals surface area contributed by atoms with Crippen LogP contribution in [0.2, 0.25) is 0 Å². The summed E-state index contributed by atoms with van der Waals surface area (Å²) in [6.45, 7) is 0.205. The van der Waals surface area contributed by atoms with E-state index in [1.807, 2.05) is 0 Å². The molecule has 1 amide bonds. The first-order chi connectivity index (χ1) is 8.42. The van der Waals surface area contributed by atoms with E-state index in [1.165, 1.54) is 0 Å². The van der Waals surface area contributed by atoms with Crippen LogP contribution in [0.5, 0.6) is 0 Å². The highest BCUT2D eigenvalue weighted by atomic mass is 35.5. The van der Waals surface area contributed by atoms with Crippen molar-refractivity contribution in [2.24, 2.45) is 5.73 Å². The van der Waals surface area contributed by atoms with Gasteiger partial charge in [-0.3, -0.25) is 4.79 Å². The van der Waals surface area contributed by atoms with Crippen LogP contribution < -0.4 is 11.1 Å². The molecule has 0 fully saturated rings. The van der Waals surface area contributed by atoms with Crippen molar-refractivity contribution >= 4 is 24.0 Å². The highest BCUT2D eigenvalue weighted by molar-refractivity contribution is 5.91. The van der Waals surface area contributed by atoms with Crippen molar-refractivity contribution in [3.05, 3.63) is 29.8 Å². The minimum atomic E-state index is -4.20. The van der Waals surface area contributed by atoms with Crippen LogP contribution in [0.1, 0.15) is 18.4 Å². The van der Waals surface area contributed by atoms with Crippen LogP contribution in [-0.2, 0) is 11.2 Å². The molecule has 0 heterocycles. The second-order valence-corrected chi connectivity index (χ2v) is 3.86. The van der Waals surface area contributed by atoms with E-state index in [1.54, 1.807) is 24.3 Å². The summed E-state index contributed by atoms with van der Waals surface area (Å²) in [5.74, 6) is -0.294. The Bertz CT molecular complexity index is 410. The maximum absolute atomic E-state index is 12.2. The van der Waals surface area contributed by atoms with Gasteiger partial charge in [0.2, 0.25) is 5.91 Å². The first-order valence-electron chi connectivity index (χ1n) is 5.57. The molecular formula is C12H16ClF3N2O. The molecule has 3 nitrogen and oxygen atoms in total. The lowest BCUT2D eigenvalue weighted by Gasteiger charge is -2.12. The summed E-state index contributed by atoms with van der Waals surface area (Å²) in [6, 6.07) is 6.46. The van der Waals surface area contributed by atoms with Crippen LogP contribution in [0.4, 0.5) is 18.9 Å². The summed E-state index contributed by atoms with van der Waals surface area (Å²) in [5.41, 5.74) is 6.12. The lowest BCUT2D eigenvalue weighted by Crippen LogP contribution is -2.17. The first-order valence-corrected chi connectivity index (χ1v) is 5.57. The van der Waals surface area contributed by atoms with Crippen molar-refractivity contribution in [1.29, 1.82) is 0 Å². The molecule has 0 aliphatic heterocycles. The van der Waals surface area contributed by atoms with Crippen LogP contribution in [0, 0.1) is 0 Å². The van der Waals surface area contributed by atoms with E-state index >= 15 is 0 Å². The summed E-state index contributed by atoms with van der Waals surface area (Å²) in [6.07, 6.45) is -5.11. The summed E-state index contributed by atoms with van der Waals surface area (Å²) in [7, 11) is 0. The number of nitrogens with two attached hydrogens (primary N) is 1. The largest absolute Gasteiger partial charge is 0.389 e. The van der Waals surface area contributed by atoms with Crippen LogP contribution >= 0.6 is 12.4 Å². The van der Waals surface area contributed by atoms with Crippen LogP contribution in [0.25, 0.3) is 0 Å². The van der Waals surface area contributed by atoms with Gasteiger partial charge in [0.1, 0.15) is 0 Å². The van der Waals surface area contributed by atoms with Gasteiger partial charge in [0.05, 0.1) is 0 Å². The van der Waals surface area contributed by atoms with Crippen LogP contribution in [-0.4, -0.2) is 18.6 Å². The molecule has 0 spiro atoms. The molecule has 0 unspecified atom stereocenters. The van der Waals surface area contributed by atoms with Crippen molar-refractivity contribution in [3.8, 4) is 0 Å². The Morgan fingerprint density at radius 2 is 1.89 bits per heavy atom. The number of hydrogen-bond donors (Lipinski definition) is 2. The molecule has 108 valence electrons. The maximum Gasteiger partial charge on any atom is 0.389 e. The van der Waals surface area contributed by atoms with E-state index in [-0.39, 0.29) is 37.7 Å². The van der Waals surface area contributed by atoms with Gasteiger partial charge in [0, 0.05) is 25.1 Å². The number of nitrogens with one attached hydrogen (secondary N) is 1. The summed E-state index contributed by atoms with van der Waals surface area (Å²) >= 11 is 0. The van der Waals surface area contributed by atoms with Gasteiger partial charge in [0.15, 0.2) is 0 Å². The molecule has 0 saturated carbocycles. The third kappa shape index (κ3) is 7.03. The Kier molecular flexibility index (Phi) is 7.48. The number of aryl methyl sites for hydroxylation is 1. The zero-order valence-corrected chi connectivity index (χ0v) is 11.0. The second-order valence-electron chi connectivity index (χ2n) is 3.86. The van der Waals surface area contributed by atoms with Gasteiger partial charge in [-0.05, 0) is 18.1 Å². The molecule has 0 bridgehead atoms. The lowest BCUT2D eigenvalue weighted by atomic mass is 10.1. The van der Waals surface area contributed by atoms with E-state index in [0.29, 0.717) is 11.3 Å². The Morgan fingerprint density at radius 1 is 1.26 bits per heavy atom. The van der Waals surface area contributed by atoms with Gasteiger partial charge in [-0.2, -0.15) is 13.2 Å². The number of para-hydroxylation sites is 1. The summed E-state index contributed by atoms with van der Waals surface area (Å²) < 4.78 is 36.5. The van der Waals surface area contributed by atoms with E-state index in [0.717, 1.165) is 0 Å². The molecule has 0 saturated heterocycles. The lowest BCUT2D eigenvalue weighted by molar-refractivity contribution is -0.133. The molecule has 7 heteroatoms. The van der Waals surface area contributed by atoms with Gasteiger partial charge in [-0.25, -0.2) is 0 Å². The third-order valence-corrected chi connectivity index (χ3v) is 2.34. The monoisotopic (exact) mass is 296 g/mol. The van der Waals surface area contributed by atoms with E-state index in [2.05, 4.69) is 5.32 Å². The highest BCUT2D eigenvalue weighted by Gasteiger charge is 2.26. The van der Waals surface area contributed by atoms with Gasteiger partial charge in [0.25, 0.3) is 0 Å². The molecule has 3 N–H and O–H groups in total. The molecule has 0 aliphatic rings. The molecule has 0 atom stereocenters. The van der Waals surface area contributed by atoms with Crippen LogP contribution in [0.3, 0.4) is 0 Å². The number of alkyl halides is 3. The Labute approximate surface area is 115 Å². The minimum Gasteiger partial charge on any atom is -0.330 e. The zero-order valence-electron chi connectivity index (χ0n) is 10.2. The Morgan fingerprint density at radius 3 is 2.47 bits per heavy atom. The molecule has 1 aromatic carbocycles. The fourth-order valence-electron chi connectivity index (χ4n) is 1.48. The molecule has 1 aromatic rings. The van der Waals surface area contributed by atoms with E-state index in [4.69, 9.17) is 5.73 Å². The molecule has 19 heavy (non-hydrogen) atoms. The normalized spacial score (nSPS) is 10.7. The molecule has 1 rings (SSSR count).